The van der Waals surface area contributed by atoms with E-state index < -0.39 is 0 Å². The predicted molar refractivity (Wildman–Crippen MR) is 122 cm³/mol. The minimum Gasteiger partial charge on any atom is -0.504 e. The number of rotatable bonds is 14. The van der Waals surface area contributed by atoms with E-state index in [2.05, 4.69) is 27.7 Å². The number of unbranched alkanes of at least 4 members (excludes halogenated alkanes) is 5. The Labute approximate surface area is 178 Å². The second kappa shape index (κ2) is 10.6. The molecule has 0 amide bonds. The zero-order valence-electron chi connectivity index (χ0n) is 19.3. The Balaban J connectivity index is 1.80. The summed E-state index contributed by atoms with van der Waals surface area (Å²) < 4.78 is 0. The third-order valence-corrected chi connectivity index (χ3v) is 7.27. The average molecular weight is 405 g/mol. The Bertz CT molecular complexity index is 644. The number of phenolic OH excluding ortho intramolecular Hbond substituents is 3. The van der Waals surface area contributed by atoms with Crippen LogP contribution in [0.25, 0.3) is 0 Å². The lowest BCUT2D eigenvalue weighted by molar-refractivity contribution is 0.307. The fraction of sp³-hybridized carbons (Fsp3) is 0.769. The van der Waals surface area contributed by atoms with Crippen LogP contribution in [0.3, 0.4) is 0 Å². The molecule has 3 nitrogen and oxygen atoms in total. The van der Waals surface area contributed by atoms with Crippen molar-refractivity contribution >= 4 is 0 Å². The van der Waals surface area contributed by atoms with Gasteiger partial charge in [-0.3, -0.25) is 0 Å². The molecule has 3 N–H and O–H groups in total. The average Bonchev–Trinajstić information content (AvgIpc) is 3.41. The molecule has 0 atom stereocenters. The van der Waals surface area contributed by atoms with Crippen LogP contribution in [-0.2, 0) is 12.8 Å². The van der Waals surface area contributed by atoms with Gasteiger partial charge < -0.3 is 15.3 Å². The fourth-order valence-electron chi connectivity index (χ4n) is 4.18. The monoisotopic (exact) mass is 404 g/mol. The Morgan fingerprint density at radius 3 is 2.14 bits per heavy atom. The second-order valence-electron chi connectivity index (χ2n) is 10.5. The molecule has 166 valence electrons. The summed E-state index contributed by atoms with van der Waals surface area (Å²) in [7, 11) is 0. The van der Waals surface area contributed by atoms with Gasteiger partial charge in [0.2, 0.25) is 5.75 Å². The molecule has 0 aromatic heterocycles. The van der Waals surface area contributed by atoms with Gasteiger partial charge in [0.15, 0.2) is 11.5 Å². The van der Waals surface area contributed by atoms with E-state index in [0.717, 1.165) is 43.2 Å². The van der Waals surface area contributed by atoms with Gasteiger partial charge in [-0.2, -0.15) is 0 Å². The van der Waals surface area contributed by atoms with Gasteiger partial charge >= 0.3 is 0 Å². The first-order valence-corrected chi connectivity index (χ1v) is 11.9. The first-order chi connectivity index (χ1) is 13.7. The van der Waals surface area contributed by atoms with Crippen molar-refractivity contribution in [3.63, 3.8) is 0 Å². The minimum absolute atomic E-state index is 0.113. The highest BCUT2D eigenvalue weighted by atomic mass is 16.3. The van der Waals surface area contributed by atoms with Gasteiger partial charge in [0.25, 0.3) is 0 Å². The van der Waals surface area contributed by atoms with Crippen LogP contribution in [0, 0.1) is 10.8 Å². The van der Waals surface area contributed by atoms with E-state index in [9.17, 15) is 15.3 Å². The standard InChI is InChI=1S/C26H44O3/c1-5-25(2,3)15-11-7-6-10-14-21-20(19-22(27)24(29)23(21)28)13-9-8-12-16-26(4)17-18-26/h19,27-29H,5-18H2,1-4H3. The van der Waals surface area contributed by atoms with Crippen molar-refractivity contribution in [3.8, 4) is 17.2 Å². The molecule has 1 saturated carbocycles. The summed E-state index contributed by atoms with van der Waals surface area (Å²) in [6, 6.07) is 1.66. The molecule has 1 aliphatic carbocycles. The number of benzene rings is 1. The quantitative estimate of drug-likeness (QED) is 0.220. The van der Waals surface area contributed by atoms with Crippen LogP contribution in [0.1, 0.15) is 116 Å². The molecule has 0 radical (unpaired) electrons. The molecule has 3 heteroatoms. The first kappa shape index (κ1) is 23.9. The Morgan fingerprint density at radius 1 is 0.862 bits per heavy atom. The van der Waals surface area contributed by atoms with Gasteiger partial charge in [0.1, 0.15) is 0 Å². The predicted octanol–water partition coefficient (Wildman–Crippen LogP) is 7.64. The SMILES string of the molecule is CCC(C)(C)CCCCCCc1c(CCCCCC2(C)CC2)cc(O)c(O)c1O. The lowest BCUT2D eigenvalue weighted by Crippen LogP contribution is -2.08. The number of hydrogen-bond donors (Lipinski definition) is 3. The van der Waals surface area contributed by atoms with E-state index in [-0.39, 0.29) is 17.2 Å². The number of aromatic hydroxyl groups is 3. The van der Waals surface area contributed by atoms with Crippen molar-refractivity contribution in [3.05, 3.63) is 17.2 Å². The van der Waals surface area contributed by atoms with E-state index in [0.29, 0.717) is 10.8 Å². The fourth-order valence-corrected chi connectivity index (χ4v) is 4.18. The third kappa shape index (κ3) is 7.75. The highest BCUT2D eigenvalue weighted by Crippen LogP contribution is 2.49. The maximum atomic E-state index is 10.4. The van der Waals surface area contributed by atoms with E-state index in [4.69, 9.17) is 0 Å². The second-order valence-corrected chi connectivity index (χ2v) is 10.5. The Hall–Kier alpha value is -1.38. The van der Waals surface area contributed by atoms with Crippen molar-refractivity contribution < 1.29 is 15.3 Å². The van der Waals surface area contributed by atoms with E-state index >= 15 is 0 Å². The molecule has 0 heterocycles. The number of phenols is 3. The lowest BCUT2D eigenvalue weighted by Gasteiger charge is -2.22. The molecule has 0 spiro atoms. The van der Waals surface area contributed by atoms with Gasteiger partial charge in [-0.25, -0.2) is 0 Å². The summed E-state index contributed by atoms with van der Waals surface area (Å²) in [5, 5.41) is 30.3. The van der Waals surface area contributed by atoms with Gasteiger partial charge in [-0.1, -0.05) is 66.2 Å². The molecule has 0 bridgehead atoms. The van der Waals surface area contributed by atoms with Crippen molar-refractivity contribution in [1.29, 1.82) is 0 Å². The van der Waals surface area contributed by atoms with Crippen molar-refractivity contribution in [2.24, 2.45) is 10.8 Å². The van der Waals surface area contributed by atoms with Gasteiger partial charge in [-0.15, -0.1) is 0 Å². The van der Waals surface area contributed by atoms with Crippen LogP contribution < -0.4 is 0 Å². The summed E-state index contributed by atoms with van der Waals surface area (Å²) >= 11 is 0. The van der Waals surface area contributed by atoms with Gasteiger partial charge in [0, 0.05) is 5.56 Å². The van der Waals surface area contributed by atoms with E-state index in [1.807, 2.05) is 0 Å². The molecular weight excluding hydrogens is 360 g/mol. The van der Waals surface area contributed by atoms with Crippen LogP contribution in [0.5, 0.6) is 17.2 Å². The minimum atomic E-state index is -0.366. The molecule has 0 unspecified atom stereocenters. The van der Waals surface area contributed by atoms with E-state index in [1.54, 1.807) is 6.07 Å². The molecule has 1 aliphatic rings. The van der Waals surface area contributed by atoms with E-state index in [1.165, 1.54) is 57.8 Å². The topological polar surface area (TPSA) is 60.7 Å². The molecule has 2 rings (SSSR count). The number of aryl methyl sites for hydroxylation is 1. The summed E-state index contributed by atoms with van der Waals surface area (Å²) in [4.78, 5) is 0. The summed E-state index contributed by atoms with van der Waals surface area (Å²) in [6.45, 7) is 9.31. The van der Waals surface area contributed by atoms with Crippen molar-refractivity contribution in [2.45, 2.75) is 118 Å². The van der Waals surface area contributed by atoms with Gasteiger partial charge in [0.05, 0.1) is 0 Å². The zero-order valence-corrected chi connectivity index (χ0v) is 19.3. The van der Waals surface area contributed by atoms with Crippen LogP contribution in [0.2, 0.25) is 0 Å². The smallest absolute Gasteiger partial charge is 0.200 e. The van der Waals surface area contributed by atoms with Crippen molar-refractivity contribution in [1.82, 2.24) is 0 Å². The molecular formula is C26H44O3. The normalized spacial score (nSPS) is 15.6. The van der Waals surface area contributed by atoms with Crippen LogP contribution in [0.15, 0.2) is 6.07 Å². The first-order valence-electron chi connectivity index (χ1n) is 11.9. The van der Waals surface area contributed by atoms with Gasteiger partial charge in [-0.05, 0) is 73.8 Å². The highest BCUT2D eigenvalue weighted by Gasteiger charge is 2.35. The molecule has 1 fully saturated rings. The Morgan fingerprint density at radius 2 is 1.48 bits per heavy atom. The molecule has 1 aromatic rings. The molecule has 0 saturated heterocycles. The van der Waals surface area contributed by atoms with Crippen LogP contribution in [0.4, 0.5) is 0 Å². The molecule has 0 aliphatic heterocycles. The van der Waals surface area contributed by atoms with Crippen LogP contribution >= 0.6 is 0 Å². The summed E-state index contributed by atoms with van der Waals surface area (Å²) in [5.41, 5.74) is 2.89. The maximum Gasteiger partial charge on any atom is 0.200 e. The third-order valence-electron chi connectivity index (χ3n) is 7.27. The summed E-state index contributed by atoms with van der Waals surface area (Å²) in [5.74, 6) is -0.679. The highest BCUT2D eigenvalue weighted by molar-refractivity contribution is 5.57. The van der Waals surface area contributed by atoms with Crippen molar-refractivity contribution in [2.75, 3.05) is 0 Å². The summed E-state index contributed by atoms with van der Waals surface area (Å²) in [6.07, 6.45) is 16.3. The zero-order chi connectivity index (χ0) is 21.5. The lowest BCUT2D eigenvalue weighted by atomic mass is 9.84. The largest absolute Gasteiger partial charge is 0.504 e. The number of hydrogen-bond acceptors (Lipinski definition) is 3. The molecule has 1 aromatic carbocycles. The van der Waals surface area contributed by atoms with Crippen LogP contribution in [-0.4, -0.2) is 15.3 Å². The maximum absolute atomic E-state index is 10.4. The molecule has 29 heavy (non-hydrogen) atoms. The Kier molecular flexibility index (Phi) is 8.73.